The molecule has 1 nitrogen and oxygen atoms in total. The smallest absolute Gasteiger partial charge is 0.0251 e. The van der Waals surface area contributed by atoms with Crippen molar-refractivity contribution in [2.45, 2.75) is 31.6 Å². The Balaban J connectivity index is 2.13. The molecule has 2 N–H and O–H groups in total. The molecule has 0 aromatic heterocycles. The summed E-state index contributed by atoms with van der Waals surface area (Å²) in [5.74, 6) is 1.99. The van der Waals surface area contributed by atoms with E-state index in [1.807, 2.05) is 11.8 Å². The van der Waals surface area contributed by atoms with Crippen LogP contribution in [0.15, 0.2) is 0 Å². The summed E-state index contributed by atoms with van der Waals surface area (Å²) in [6.45, 7) is 4.51. The van der Waals surface area contributed by atoms with Gasteiger partial charge in [0.1, 0.15) is 0 Å². The Kier molecular flexibility index (Phi) is 2.42. The van der Waals surface area contributed by atoms with Crippen LogP contribution in [0.4, 0.5) is 0 Å². The Bertz CT molecular complexity index is 92.9. The summed E-state index contributed by atoms with van der Waals surface area (Å²) >= 11 is 2.02. The van der Waals surface area contributed by atoms with E-state index >= 15 is 0 Å². The van der Waals surface area contributed by atoms with Gasteiger partial charge >= 0.3 is 0 Å². The standard InChI is InChI=1S/C7H15NS/c1-5(2)3-7-6(8)4-9-7/h5-7H,3-4,8H2,1-2H3. The monoisotopic (exact) mass is 145 g/mol. The second kappa shape index (κ2) is 2.93. The van der Waals surface area contributed by atoms with Gasteiger partial charge in [-0.3, -0.25) is 0 Å². The molecule has 0 aromatic rings. The lowest BCUT2D eigenvalue weighted by Crippen LogP contribution is -2.44. The van der Waals surface area contributed by atoms with E-state index in [-0.39, 0.29) is 0 Å². The van der Waals surface area contributed by atoms with Crippen molar-refractivity contribution in [2.75, 3.05) is 5.75 Å². The molecule has 0 radical (unpaired) electrons. The van der Waals surface area contributed by atoms with Crippen LogP contribution < -0.4 is 5.73 Å². The zero-order valence-electron chi connectivity index (χ0n) is 6.13. The molecule has 1 aliphatic heterocycles. The Hall–Kier alpha value is 0.310. The van der Waals surface area contributed by atoms with E-state index < -0.39 is 0 Å². The van der Waals surface area contributed by atoms with Gasteiger partial charge in [-0.2, -0.15) is 11.8 Å². The zero-order chi connectivity index (χ0) is 6.85. The highest BCUT2D eigenvalue weighted by Crippen LogP contribution is 2.31. The molecule has 1 aliphatic rings. The van der Waals surface area contributed by atoms with Crippen molar-refractivity contribution in [3.05, 3.63) is 0 Å². The first-order valence-electron chi connectivity index (χ1n) is 3.57. The minimum atomic E-state index is 0.498. The quantitative estimate of drug-likeness (QED) is 0.637. The largest absolute Gasteiger partial charge is 0.326 e. The van der Waals surface area contributed by atoms with Gasteiger partial charge in [0, 0.05) is 17.0 Å². The Morgan fingerprint density at radius 3 is 2.44 bits per heavy atom. The van der Waals surface area contributed by atoms with Crippen molar-refractivity contribution < 1.29 is 0 Å². The third-order valence-corrected chi connectivity index (χ3v) is 3.23. The Morgan fingerprint density at radius 2 is 2.33 bits per heavy atom. The number of thioether (sulfide) groups is 1. The summed E-state index contributed by atoms with van der Waals surface area (Å²) in [6, 6.07) is 0.498. The molecule has 0 aromatic carbocycles. The fraction of sp³-hybridized carbons (Fsp3) is 1.00. The van der Waals surface area contributed by atoms with Crippen LogP contribution in [-0.2, 0) is 0 Å². The fourth-order valence-corrected chi connectivity index (χ4v) is 2.26. The van der Waals surface area contributed by atoms with Crippen molar-refractivity contribution in [1.82, 2.24) is 0 Å². The van der Waals surface area contributed by atoms with Crippen LogP contribution in [0.3, 0.4) is 0 Å². The highest BCUT2D eigenvalue weighted by molar-refractivity contribution is 8.01. The minimum Gasteiger partial charge on any atom is -0.326 e. The van der Waals surface area contributed by atoms with E-state index in [1.54, 1.807) is 0 Å². The van der Waals surface area contributed by atoms with Crippen molar-refractivity contribution in [2.24, 2.45) is 11.7 Å². The number of rotatable bonds is 2. The summed E-state index contributed by atoms with van der Waals surface area (Å²) in [5.41, 5.74) is 5.75. The highest BCUT2D eigenvalue weighted by atomic mass is 32.2. The van der Waals surface area contributed by atoms with Crippen LogP contribution in [0.1, 0.15) is 20.3 Å². The summed E-state index contributed by atoms with van der Waals surface area (Å²) in [6.07, 6.45) is 1.30. The lowest BCUT2D eigenvalue weighted by Gasteiger charge is -2.33. The topological polar surface area (TPSA) is 26.0 Å². The summed E-state index contributed by atoms with van der Waals surface area (Å²) in [4.78, 5) is 0. The summed E-state index contributed by atoms with van der Waals surface area (Å²) in [5, 5.41) is 0.769. The summed E-state index contributed by atoms with van der Waals surface area (Å²) in [7, 11) is 0. The molecule has 2 atom stereocenters. The molecule has 0 spiro atoms. The maximum atomic E-state index is 5.75. The average Bonchev–Trinajstić information content (AvgIpc) is 1.79. The molecular weight excluding hydrogens is 130 g/mol. The summed E-state index contributed by atoms with van der Waals surface area (Å²) < 4.78 is 0. The van der Waals surface area contributed by atoms with Crippen molar-refractivity contribution in [3.8, 4) is 0 Å². The number of hydrogen-bond donors (Lipinski definition) is 1. The van der Waals surface area contributed by atoms with Gasteiger partial charge in [-0.25, -0.2) is 0 Å². The third-order valence-electron chi connectivity index (χ3n) is 1.68. The predicted molar refractivity (Wildman–Crippen MR) is 43.7 cm³/mol. The normalized spacial score (nSPS) is 34.7. The molecule has 2 unspecified atom stereocenters. The van der Waals surface area contributed by atoms with Crippen LogP contribution in [0.25, 0.3) is 0 Å². The Morgan fingerprint density at radius 1 is 1.67 bits per heavy atom. The fourth-order valence-electron chi connectivity index (χ4n) is 1.05. The maximum absolute atomic E-state index is 5.75. The highest BCUT2D eigenvalue weighted by Gasteiger charge is 2.28. The van der Waals surface area contributed by atoms with Gasteiger partial charge in [0.25, 0.3) is 0 Å². The van der Waals surface area contributed by atoms with Gasteiger partial charge in [0.2, 0.25) is 0 Å². The van der Waals surface area contributed by atoms with Gasteiger partial charge in [0.05, 0.1) is 0 Å². The molecular formula is C7H15NS. The Labute approximate surface area is 61.4 Å². The van der Waals surface area contributed by atoms with Crippen molar-refractivity contribution >= 4 is 11.8 Å². The lowest BCUT2D eigenvalue weighted by atomic mass is 10.0. The van der Waals surface area contributed by atoms with Gasteiger partial charge in [-0.05, 0) is 12.3 Å². The van der Waals surface area contributed by atoms with E-state index in [0.717, 1.165) is 11.2 Å². The van der Waals surface area contributed by atoms with E-state index in [4.69, 9.17) is 5.73 Å². The molecule has 1 heterocycles. The van der Waals surface area contributed by atoms with Crippen LogP contribution in [-0.4, -0.2) is 17.0 Å². The molecule has 0 aliphatic carbocycles. The molecule has 1 fully saturated rings. The van der Waals surface area contributed by atoms with Crippen LogP contribution in [0.2, 0.25) is 0 Å². The van der Waals surface area contributed by atoms with Crippen LogP contribution >= 0.6 is 11.8 Å². The average molecular weight is 145 g/mol. The first-order valence-corrected chi connectivity index (χ1v) is 4.62. The molecule has 0 bridgehead atoms. The molecule has 9 heavy (non-hydrogen) atoms. The van der Waals surface area contributed by atoms with Gasteiger partial charge in [-0.15, -0.1) is 0 Å². The van der Waals surface area contributed by atoms with Gasteiger partial charge in [0.15, 0.2) is 0 Å². The molecule has 1 saturated heterocycles. The second-order valence-electron chi connectivity index (χ2n) is 3.17. The van der Waals surface area contributed by atoms with Crippen molar-refractivity contribution in [3.63, 3.8) is 0 Å². The van der Waals surface area contributed by atoms with Gasteiger partial charge in [-0.1, -0.05) is 13.8 Å². The molecule has 0 amide bonds. The molecule has 0 saturated carbocycles. The molecule has 54 valence electrons. The molecule has 1 rings (SSSR count). The SMILES string of the molecule is CC(C)CC1SCC1N. The van der Waals surface area contributed by atoms with E-state index in [2.05, 4.69) is 13.8 Å². The van der Waals surface area contributed by atoms with Crippen LogP contribution in [0.5, 0.6) is 0 Å². The van der Waals surface area contributed by atoms with Crippen LogP contribution in [0, 0.1) is 5.92 Å². The maximum Gasteiger partial charge on any atom is 0.0251 e. The zero-order valence-corrected chi connectivity index (χ0v) is 6.95. The number of nitrogens with two attached hydrogens (primary N) is 1. The first kappa shape index (κ1) is 7.42. The first-order chi connectivity index (χ1) is 4.20. The van der Waals surface area contributed by atoms with Crippen molar-refractivity contribution in [1.29, 1.82) is 0 Å². The second-order valence-corrected chi connectivity index (χ2v) is 4.44. The lowest BCUT2D eigenvalue weighted by molar-refractivity contribution is 0.510. The predicted octanol–water partition coefficient (Wildman–Crippen LogP) is 1.48. The molecule has 2 heteroatoms. The van der Waals surface area contributed by atoms with E-state index in [0.29, 0.717) is 6.04 Å². The van der Waals surface area contributed by atoms with E-state index in [9.17, 15) is 0 Å². The minimum absolute atomic E-state index is 0.498. The van der Waals surface area contributed by atoms with E-state index in [1.165, 1.54) is 12.2 Å². The third kappa shape index (κ3) is 1.87. The van der Waals surface area contributed by atoms with Gasteiger partial charge < -0.3 is 5.73 Å². The number of hydrogen-bond acceptors (Lipinski definition) is 2.